The van der Waals surface area contributed by atoms with Crippen molar-refractivity contribution in [3.8, 4) is 0 Å². The van der Waals surface area contributed by atoms with E-state index in [1.807, 2.05) is 30.3 Å². The van der Waals surface area contributed by atoms with Gasteiger partial charge < -0.3 is 4.74 Å². The van der Waals surface area contributed by atoms with E-state index in [0.717, 1.165) is 11.8 Å². The highest BCUT2D eigenvalue weighted by Crippen LogP contribution is 2.63. The Morgan fingerprint density at radius 3 is 2.28 bits per heavy atom. The van der Waals surface area contributed by atoms with Gasteiger partial charge in [0.05, 0.1) is 5.56 Å². The standard InChI is InChI=1S/C16H20O2/c1-10-13-9-14(13)11(2)16(10,3)18-15(17)12-7-5-4-6-8-12/h4-8,10-11,13-14H,9H2,1-3H3. The minimum atomic E-state index is -0.291. The first-order chi connectivity index (χ1) is 8.54. The maximum atomic E-state index is 12.2. The van der Waals surface area contributed by atoms with Gasteiger partial charge in [-0.05, 0) is 49.1 Å². The molecule has 2 nitrogen and oxygen atoms in total. The Morgan fingerprint density at radius 1 is 1.17 bits per heavy atom. The summed E-state index contributed by atoms with van der Waals surface area (Å²) in [5.41, 5.74) is 0.360. The third-order valence-corrected chi connectivity index (χ3v) is 5.31. The summed E-state index contributed by atoms with van der Waals surface area (Å²) in [6.45, 7) is 6.56. The Morgan fingerprint density at radius 2 is 1.72 bits per heavy atom. The first kappa shape index (κ1) is 11.8. The number of hydrogen-bond donors (Lipinski definition) is 0. The van der Waals surface area contributed by atoms with Gasteiger partial charge in [0.25, 0.3) is 0 Å². The molecule has 0 N–H and O–H groups in total. The molecule has 2 aliphatic rings. The lowest BCUT2D eigenvalue weighted by Crippen LogP contribution is -2.42. The Hall–Kier alpha value is -1.31. The van der Waals surface area contributed by atoms with E-state index in [1.165, 1.54) is 6.42 Å². The average molecular weight is 244 g/mol. The summed E-state index contributed by atoms with van der Waals surface area (Å²) in [6.07, 6.45) is 1.32. The molecule has 0 bridgehead atoms. The van der Waals surface area contributed by atoms with E-state index in [9.17, 15) is 4.79 Å². The summed E-state index contributed by atoms with van der Waals surface area (Å²) in [7, 11) is 0. The van der Waals surface area contributed by atoms with E-state index in [1.54, 1.807) is 0 Å². The van der Waals surface area contributed by atoms with Crippen LogP contribution in [0, 0.1) is 23.7 Å². The highest BCUT2D eigenvalue weighted by Gasteiger charge is 2.63. The Balaban J connectivity index is 1.78. The van der Waals surface area contributed by atoms with Crippen LogP contribution in [0.3, 0.4) is 0 Å². The van der Waals surface area contributed by atoms with Crippen LogP contribution in [0.4, 0.5) is 0 Å². The number of ether oxygens (including phenoxy) is 1. The van der Waals surface area contributed by atoms with Gasteiger partial charge in [0, 0.05) is 0 Å². The van der Waals surface area contributed by atoms with E-state index >= 15 is 0 Å². The predicted molar refractivity (Wildman–Crippen MR) is 70.2 cm³/mol. The molecule has 2 fully saturated rings. The SMILES string of the molecule is CC1C2CC2C(C)C1(C)OC(=O)c1ccccc1. The molecule has 2 heteroatoms. The summed E-state index contributed by atoms with van der Waals surface area (Å²) in [6, 6.07) is 9.29. The van der Waals surface area contributed by atoms with Crippen molar-refractivity contribution in [2.75, 3.05) is 0 Å². The van der Waals surface area contributed by atoms with Gasteiger partial charge in [-0.2, -0.15) is 0 Å². The molecule has 96 valence electrons. The number of benzene rings is 1. The number of carbonyl (C=O) groups is 1. The fraction of sp³-hybridized carbons (Fsp3) is 0.562. The zero-order valence-electron chi connectivity index (χ0n) is 11.2. The highest BCUT2D eigenvalue weighted by molar-refractivity contribution is 5.89. The maximum absolute atomic E-state index is 12.2. The van der Waals surface area contributed by atoms with Crippen LogP contribution in [-0.2, 0) is 4.74 Å². The van der Waals surface area contributed by atoms with Crippen molar-refractivity contribution in [3.05, 3.63) is 35.9 Å². The monoisotopic (exact) mass is 244 g/mol. The van der Waals surface area contributed by atoms with Crippen molar-refractivity contribution in [2.24, 2.45) is 23.7 Å². The van der Waals surface area contributed by atoms with Crippen LogP contribution in [0.2, 0.25) is 0 Å². The van der Waals surface area contributed by atoms with Crippen LogP contribution in [0.15, 0.2) is 30.3 Å². The van der Waals surface area contributed by atoms with Crippen molar-refractivity contribution in [2.45, 2.75) is 32.8 Å². The topological polar surface area (TPSA) is 26.3 Å². The van der Waals surface area contributed by atoms with Crippen LogP contribution in [0.25, 0.3) is 0 Å². The summed E-state index contributed by atoms with van der Waals surface area (Å²) < 4.78 is 5.87. The zero-order valence-corrected chi connectivity index (χ0v) is 11.2. The van der Waals surface area contributed by atoms with Crippen LogP contribution in [-0.4, -0.2) is 11.6 Å². The second kappa shape index (κ2) is 3.84. The molecule has 4 unspecified atom stereocenters. The van der Waals surface area contributed by atoms with Crippen molar-refractivity contribution < 1.29 is 9.53 Å². The Labute approximate surface area is 108 Å². The summed E-state index contributed by atoms with van der Waals surface area (Å²) in [5, 5.41) is 0. The second-order valence-electron chi connectivity index (χ2n) is 6.08. The third kappa shape index (κ3) is 1.58. The molecule has 0 saturated heterocycles. The zero-order chi connectivity index (χ0) is 12.9. The molecule has 0 amide bonds. The Kier molecular flexibility index (Phi) is 2.51. The molecule has 0 aromatic heterocycles. The second-order valence-corrected chi connectivity index (χ2v) is 6.08. The quantitative estimate of drug-likeness (QED) is 0.744. The molecular weight excluding hydrogens is 224 g/mol. The molecule has 1 aromatic rings. The predicted octanol–water partition coefficient (Wildman–Crippen LogP) is 3.52. The average Bonchev–Trinajstić information content (AvgIpc) is 3.14. The van der Waals surface area contributed by atoms with E-state index in [0.29, 0.717) is 17.4 Å². The molecule has 0 spiro atoms. The first-order valence-corrected chi connectivity index (χ1v) is 6.82. The van der Waals surface area contributed by atoms with Crippen LogP contribution in [0.5, 0.6) is 0 Å². The van der Waals surface area contributed by atoms with Gasteiger partial charge in [0.15, 0.2) is 0 Å². The molecule has 3 rings (SSSR count). The molecule has 0 radical (unpaired) electrons. The molecule has 18 heavy (non-hydrogen) atoms. The minimum absolute atomic E-state index is 0.182. The third-order valence-electron chi connectivity index (χ3n) is 5.31. The van der Waals surface area contributed by atoms with Gasteiger partial charge in [-0.25, -0.2) is 4.79 Å². The lowest BCUT2D eigenvalue weighted by atomic mass is 9.82. The molecule has 4 atom stereocenters. The highest BCUT2D eigenvalue weighted by atomic mass is 16.6. The number of esters is 1. The van der Waals surface area contributed by atoms with Gasteiger partial charge in [-0.3, -0.25) is 0 Å². The molecule has 0 aliphatic heterocycles. The van der Waals surface area contributed by atoms with Gasteiger partial charge in [-0.15, -0.1) is 0 Å². The van der Waals surface area contributed by atoms with Crippen LogP contribution < -0.4 is 0 Å². The fourth-order valence-electron chi connectivity index (χ4n) is 3.67. The first-order valence-electron chi connectivity index (χ1n) is 6.82. The fourth-order valence-corrected chi connectivity index (χ4v) is 3.67. The van der Waals surface area contributed by atoms with E-state index < -0.39 is 0 Å². The summed E-state index contributed by atoms with van der Waals surface area (Å²) in [4.78, 5) is 12.2. The number of rotatable bonds is 2. The molecule has 2 aliphatic carbocycles. The van der Waals surface area contributed by atoms with Crippen LogP contribution >= 0.6 is 0 Å². The van der Waals surface area contributed by atoms with Gasteiger partial charge in [0.2, 0.25) is 0 Å². The van der Waals surface area contributed by atoms with E-state index in [-0.39, 0.29) is 11.6 Å². The number of carbonyl (C=O) groups excluding carboxylic acids is 1. The van der Waals surface area contributed by atoms with Crippen molar-refractivity contribution in [3.63, 3.8) is 0 Å². The van der Waals surface area contributed by atoms with Gasteiger partial charge in [-0.1, -0.05) is 32.0 Å². The number of fused-ring (bicyclic) bond motifs is 1. The van der Waals surface area contributed by atoms with Crippen molar-refractivity contribution in [1.29, 1.82) is 0 Å². The van der Waals surface area contributed by atoms with Crippen molar-refractivity contribution in [1.82, 2.24) is 0 Å². The molecular formula is C16H20O2. The number of hydrogen-bond acceptors (Lipinski definition) is 2. The lowest BCUT2D eigenvalue weighted by molar-refractivity contribution is -0.0563. The smallest absolute Gasteiger partial charge is 0.338 e. The molecule has 0 heterocycles. The largest absolute Gasteiger partial charge is 0.455 e. The lowest BCUT2D eigenvalue weighted by Gasteiger charge is -2.36. The minimum Gasteiger partial charge on any atom is -0.455 e. The van der Waals surface area contributed by atoms with Crippen molar-refractivity contribution >= 4 is 5.97 Å². The molecule has 2 saturated carbocycles. The van der Waals surface area contributed by atoms with Crippen LogP contribution in [0.1, 0.15) is 37.6 Å². The van der Waals surface area contributed by atoms with Gasteiger partial charge >= 0.3 is 5.97 Å². The summed E-state index contributed by atoms with van der Waals surface area (Å²) in [5.74, 6) is 2.32. The maximum Gasteiger partial charge on any atom is 0.338 e. The van der Waals surface area contributed by atoms with E-state index in [2.05, 4.69) is 20.8 Å². The van der Waals surface area contributed by atoms with E-state index in [4.69, 9.17) is 4.74 Å². The molecule has 1 aromatic carbocycles. The normalized spacial score (nSPS) is 41.3. The summed E-state index contributed by atoms with van der Waals surface area (Å²) >= 11 is 0. The Bertz CT molecular complexity index is 451. The van der Waals surface area contributed by atoms with Gasteiger partial charge in [0.1, 0.15) is 5.60 Å².